The Kier molecular flexibility index (Phi) is 2.63. The topological polar surface area (TPSA) is 38.9 Å². The third-order valence-corrected chi connectivity index (χ3v) is 3.35. The summed E-state index contributed by atoms with van der Waals surface area (Å²) in [7, 11) is 0. The highest BCUT2D eigenvalue weighted by atomic mass is 14.7. The van der Waals surface area contributed by atoms with Crippen molar-refractivity contribution in [3.63, 3.8) is 0 Å². The van der Waals surface area contributed by atoms with Crippen molar-refractivity contribution in [1.29, 1.82) is 0 Å². The smallest absolute Gasteiger partial charge is 0.0730 e. The first kappa shape index (κ1) is 11.0. The van der Waals surface area contributed by atoms with Crippen LogP contribution >= 0.6 is 0 Å². The van der Waals surface area contributed by atoms with Gasteiger partial charge in [0.15, 0.2) is 0 Å². The van der Waals surface area contributed by atoms with E-state index < -0.39 is 0 Å². The van der Waals surface area contributed by atoms with Crippen LogP contribution in [0.25, 0.3) is 21.8 Å². The third kappa shape index (κ3) is 1.70. The van der Waals surface area contributed by atoms with Gasteiger partial charge in [0, 0.05) is 16.5 Å². The molecule has 90 valence electrons. The van der Waals surface area contributed by atoms with E-state index in [1.54, 1.807) is 0 Å². The minimum absolute atomic E-state index is 0.882. The molecule has 0 atom stereocenters. The molecule has 0 aliphatic heterocycles. The molecule has 2 N–H and O–H groups in total. The number of hydrogen-bond donors (Lipinski definition) is 1. The first-order chi connectivity index (χ1) is 8.79. The van der Waals surface area contributed by atoms with Crippen molar-refractivity contribution >= 4 is 27.5 Å². The predicted octanol–water partition coefficient (Wildman–Crippen LogP) is 3.92. The standard InChI is InChI=1S/C16H16N2/c1-2-5-11-8-9-15-13(16(11)17)10-12-6-3-4-7-14(12)18-15/h3-4,6-10H,2,5,17H2,1H3. The maximum Gasteiger partial charge on any atom is 0.0730 e. The van der Waals surface area contributed by atoms with Crippen LogP contribution < -0.4 is 5.73 Å². The van der Waals surface area contributed by atoms with Crippen LogP contribution in [0.15, 0.2) is 42.5 Å². The fraction of sp³-hybridized carbons (Fsp3) is 0.188. The molecule has 0 aliphatic rings. The second kappa shape index (κ2) is 4.30. The maximum atomic E-state index is 6.26. The molecular formula is C16H16N2. The summed E-state index contributed by atoms with van der Waals surface area (Å²) >= 11 is 0. The van der Waals surface area contributed by atoms with Gasteiger partial charge in [-0.15, -0.1) is 0 Å². The minimum atomic E-state index is 0.882. The summed E-state index contributed by atoms with van der Waals surface area (Å²) in [6.07, 6.45) is 2.13. The van der Waals surface area contributed by atoms with Crippen LogP contribution in [-0.2, 0) is 6.42 Å². The summed E-state index contributed by atoms with van der Waals surface area (Å²) in [5.41, 5.74) is 10.4. The van der Waals surface area contributed by atoms with Gasteiger partial charge in [-0.3, -0.25) is 0 Å². The van der Waals surface area contributed by atoms with E-state index in [1.165, 1.54) is 5.56 Å². The molecule has 0 spiro atoms. The first-order valence-electron chi connectivity index (χ1n) is 6.36. The lowest BCUT2D eigenvalue weighted by Crippen LogP contribution is -1.96. The second-order valence-electron chi connectivity index (χ2n) is 4.64. The van der Waals surface area contributed by atoms with Gasteiger partial charge >= 0.3 is 0 Å². The summed E-state index contributed by atoms with van der Waals surface area (Å²) in [4.78, 5) is 4.66. The number of nitrogens with zero attached hydrogens (tertiary/aromatic N) is 1. The van der Waals surface area contributed by atoms with Gasteiger partial charge in [-0.2, -0.15) is 0 Å². The van der Waals surface area contributed by atoms with Crippen molar-refractivity contribution in [2.75, 3.05) is 5.73 Å². The Morgan fingerprint density at radius 3 is 2.72 bits per heavy atom. The Balaban J connectivity index is 2.33. The lowest BCUT2D eigenvalue weighted by molar-refractivity contribution is 0.926. The molecule has 3 aromatic rings. The highest BCUT2D eigenvalue weighted by molar-refractivity contribution is 5.99. The Labute approximate surface area is 106 Å². The molecular weight excluding hydrogens is 220 g/mol. The molecule has 0 fully saturated rings. The van der Waals surface area contributed by atoms with Crippen molar-refractivity contribution in [3.05, 3.63) is 48.0 Å². The number of fused-ring (bicyclic) bond motifs is 2. The van der Waals surface area contributed by atoms with E-state index >= 15 is 0 Å². The summed E-state index contributed by atoms with van der Waals surface area (Å²) in [6, 6.07) is 14.5. The van der Waals surface area contributed by atoms with Gasteiger partial charge in [0.05, 0.1) is 11.0 Å². The normalized spacial score (nSPS) is 11.2. The summed E-state index contributed by atoms with van der Waals surface area (Å²) in [5.74, 6) is 0. The van der Waals surface area contributed by atoms with Crippen LogP contribution in [0.2, 0.25) is 0 Å². The second-order valence-corrected chi connectivity index (χ2v) is 4.64. The zero-order valence-corrected chi connectivity index (χ0v) is 10.5. The molecule has 2 heteroatoms. The van der Waals surface area contributed by atoms with E-state index in [0.29, 0.717) is 0 Å². The number of benzene rings is 2. The highest BCUT2D eigenvalue weighted by Crippen LogP contribution is 2.27. The molecule has 3 rings (SSSR count). The summed E-state index contributed by atoms with van der Waals surface area (Å²) < 4.78 is 0. The van der Waals surface area contributed by atoms with Crippen molar-refractivity contribution in [1.82, 2.24) is 4.98 Å². The number of anilines is 1. The molecule has 0 radical (unpaired) electrons. The van der Waals surface area contributed by atoms with Gasteiger partial charge in [0.25, 0.3) is 0 Å². The van der Waals surface area contributed by atoms with Crippen LogP contribution in [0.5, 0.6) is 0 Å². The molecule has 1 aromatic heterocycles. The quantitative estimate of drug-likeness (QED) is 0.541. The number of pyridine rings is 1. The number of aryl methyl sites for hydroxylation is 1. The zero-order valence-electron chi connectivity index (χ0n) is 10.5. The average Bonchev–Trinajstić information content (AvgIpc) is 2.41. The number of para-hydroxylation sites is 1. The van der Waals surface area contributed by atoms with E-state index in [-0.39, 0.29) is 0 Å². The monoisotopic (exact) mass is 236 g/mol. The van der Waals surface area contributed by atoms with Gasteiger partial charge in [-0.05, 0) is 30.2 Å². The Bertz CT molecular complexity index is 717. The lowest BCUT2D eigenvalue weighted by atomic mass is 10.0. The number of aromatic nitrogens is 1. The van der Waals surface area contributed by atoms with E-state index in [0.717, 1.165) is 40.3 Å². The Hall–Kier alpha value is -2.09. The fourth-order valence-electron chi connectivity index (χ4n) is 2.40. The molecule has 18 heavy (non-hydrogen) atoms. The Morgan fingerprint density at radius 1 is 1.06 bits per heavy atom. The molecule has 0 aliphatic carbocycles. The predicted molar refractivity (Wildman–Crippen MR) is 77.7 cm³/mol. The van der Waals surface area contributed by atoms with Crippen LogP contribution in [0.4, 0.5) is 5.69 Å². The van der Waals surface area contributed by atoms with E-state index in [4.69, 9.17) is 5.73 Å². The van der Waals surface area contributed by atoms with Gasteiger partial charge in [-0.1, -0.05) is 37.6 Å². The fourth-order valence-corrected chi connectivity index (χ4v) is 2.40. The summed E-state index contributed by atoms with van der Waals surface area (Å²) in [6.45, 7) is 2.17. The Morgan fingerprint density at radius 2 is 1.89 bits per heavy atom. The number of nitrogen functional groups attached to an aromatic ring is 1. The molecule has 0 saturated carbocycles. The average molecular weight is 236 g/mol. The van der Waals surface area contributed by atoms with Gasteiger partial charge < -0.3 is 5.73 Å². The highest BCUT2D eigenvalue weighted by Gasteiger charge is 2.06. The van der Waals surface area contributed by atoms with Gasteiger partial charge in [0.2, 0.25) is 0 Å². The first-order valence-corrected chi connectivity index (χ1v) is 6.36. The van der Waals surface area contributed by atoms with Crippen LogP contribution in [0, 0.1) is 0 Å². The van der Waals surface area contributed by atoms with Crippen LogP contribution in [0.3, 0.4) is 0 Å². The number of hydrogen-bond acceptors (Lipinski definition) is 2. The molecule has 2 aromatic carbocycles. The van der Waals surface area contributed by atoms with E-state index in [1.807, 2.05) is 18.2 Å². The minimum Gasteiger partial charge on any atom is -0.398 e. The van der Waals surface area contributed by atoms with Crippen molar-refractivity contribution in [2.24, 2.45) is 0 Å². The van der Waals surface area contributed by atoms with E-state index in [2.05, 4.69) is 36.2 Å². The van der Waals surface area contributed by atoms with Gasteiger partial charge in [0.1, 0.15) is 0 Å². The van der Waals surface area contributed by atoms with Crippen molar-refractivity contribution in [3.8, 4) is 0 Å². The SMILES string of the molecule is CCCc1ccc2nc3ccccc3cc2c1N. The van der Waals surface area contributed by atoms with Crippen LogP contribution in [-0.4, -0.2) is 4.98 Å². The number of rotatable bonds is 2. The molecule has 2 nitrogen and oxygen atoms in total. The molecule has 0 unspecified atom stereocenters. The van der Waals surface area contributed by atoms with Crippen LogP contribution in [0.1, 0.15) is 18.9 Å². The molecule has 0 amide bonds. The number of nitrogens with two attached hydrogens (primary N) is 1. The molecule has 0 saturated heterocycles. The third-order valence-electron chi connectivity index (χ3n) is 3.35. The molecule has 1 heterocycles. The van der Waals surface area contributed by atoms with E-state index in [9.17, 15) is 0 Å². The zero-order chi connectivity index (χ0) is 12.5. The largest absolute Gasteiger partial charge is 0.398 e. The van der Waals surface area contributed by atoms with Crippen molar-refractivity contribution in [2.45, 2.75) is 19.8 Å². The van der Waals surface area contributed by atoms with Gasteiger partial charge in [-0.25, -0.2) is 4.98 Å². The summed E-state index contributed by atoms with van der Waals surface area (Å²) in [5, 5.41) is 2.21. The lowest BCUT2D eigenvalue weighted by Gasteiger charge is -2.09. The molecule has 0 bridgehead atoms. The van der Waals surface area contributed by atoms with Crippen molar-refractivity contribution < 1.29 is 0 Å². The maximum absolute atomic E-state index is 6.26.